The zero-order valence-electron chi connectivity index (χ0n) is 7.38. The molecular weight excluding hydrogens is 236 g/mol. The quantitative estimate of drug-likeness (QED) is 0.707. The smallest absolute Gasteiger partial charge is 0.239 e. The zero-order valence-corrected chi connectivity index (χ0v) is 8.97. The summed E-state index contributed by atoms with van der Waals surface area (Å²) in [7, 11) is 0. The number of carbonyl (C=O) groups excluding carboxylic acids is 2. The molecule has 2 amide bonds. The molecule has 1 aliphatic rings. The molecule has 5 heteroatoms. The maximum atomic E-state index is 11.4. The van der Waals surface area contributed by atoms with Crippen molar-refractivity contribution in [3.63, 3.8) is 0 Å². The third-order valence-electron chi connectivity index (χ3n) is 1.92. The van der Waals surface area contributed by atoms with Crippen molar-refractivity contribution in [1.29, 1.82) is 0 Å². The molecule has 0 aromatic rings. The molecule has 4 nitrogen and oxygen atoms in total. The molecule has 0 atom stereocenters. The summed E-state index contributed by atoms with van der Waals surface area (Å²) in [6.45, 7) is 1.58. The van der Waals surface area contributed by atoms with Gasteiger partial charge in [-0.25, -0.2) is 0 Å². The number of hydrogen-bond donors (Lipinski definition) is 1. The van der Waals surface area contributed by atoms with Crippen molar-refractivity contribution < 1.29 is 9.59 Å². The first-order chi connectivity index (χ1) is 6.24. The maximum absolute atomic E-state index is 11.4. The van der Waals surface area contributed by atoms with Crippen LogP contribution >= 0.6 is 15.9 Å². The molecule has 1 rings (SSSR count). The molecule has 0 radical (unpaired) electrons. The molecule has 0 unspecified atom stereocenters. The highest BCUT2D eigenvalue weighted by Gasteiger charge is 2.18. The number of hydrogen-bond acceptors (Lipinski definition) is 2. The fraction of sp³-hybridized carbons (Fsp3) is 0.750. The van der Waals surface area contributed by atoms with E-state index in [4.69, 9.17) is 0 Å². The van der Waals surface area contributed by atoms with E-state index < -0.39 is 0 Å². The highest BCUT2D eigenvalue weighted by atomic mass is 79.9. The lowest BCUT2D eigenvalue weighted by molar-refractivity contribution is -0.134. The molecule has 0 saturated carbocycles. The number of carbonyl (C=O) groups is 2. The van der Waals surface area contributed by atoms with Crippen LogP contribution in [-0.4, -0.2) is 41.7 Å². The topological polar surface area (TPSA) is 49.4 Å². The van der Waals surface area contributed by atoms with E-state index in [2.05, 4.69) is 21.2 Å². The van der Waals surface area contributed by atoms with E-state index in [0.717, 1.165) is 6.42 Å². The first-order valence-electron chi connectivity index (χ1n) is 4.34. The van der Waals surface area contributed by atoms with Crippen LogP contribution in [0.1, 0.15) is 12.8 Å². The van der Waals surface area contributed by atoms with Gasteiger partial charge in [-0.1, -0.05) is 15.9 Å². The lowest BCUT2D eigenvalue weighted by Gasteiger charge is -2.18. The van der Waals surface area contributed by atoms with Gasteiger partial charge in [0.15, 0.2) is 0 Å². The molecule has 0 bridgehead atoms. The van der Waals surface area contributed by atoms with Gasteiger partial charge in [-0.15, -0.1) is 0 Å². The molecule has 0 aromatic carbocycles. The predicted octanol–water partition coefficient (Wildman–Crippen LogP) is 0.120. The number of alkyl halides is 1. The van der Waals surface area contributed by atoms with Crippen molar-refractivity contribution in [2.45, 2.75) is 12.8 Å². The van der Waals surface area contributed by atoms with E-state index in [1.165, 1.54) is 0 Å². The molecular formula is C8H13BrN2O2. The van der Waals surface area contributed by atoms with Crippen LogP contribution in [-0.2, 0) is 9.59 Å². The van der Waals surface area contributed by atoms with E-state index in [0.29, 0.717) is 24.8 Å². The lowest BCUT2D eigenvalue weighted by atomic mass is 10.3. The summed E-state index contributed by atoms with van der Waals surface area (Å²) in [5, 5.41) is 3.38. The monoisotopic (exact) mass is 248 g/mol. The number of amides is 2. The molecule has 1 heterocycles. The van der Waals surface area contributed by atoms with E-state index in [9.17, 15) is 9.59 Å². The third-order valence-corrected chi connectivity index (χ3v) is 2.32. The standard InChI is InChI=1S/C8H13BrN2O2/c9-3-2-8(13)11-5-1-4-10-7(12)6-11/h1-6H2,(H,10,12). The maximum Gasteiger partial charge on any atom is 0.239 e. The van der Waals surface area contributed by atoms with Crippen LogP contribution in [0.25, 0.3) is 0 Å². The van der Waals surface area contributed by atoms with Gasteiger partial charge < -0.3 is 10.2 Å². The molecule has 1 aliphatic heterocycles. The summed E-state index contributed by atoms with van der Waals surface area (Å²) >= 11 is 3.20. The molecule has 1 fully saturated rings. The first kappa shape index (κ1) is 10.5. The van der Waals surface area contributed by atoms with Crippen molar-refractivity contribution in [2.24, 2.45) is 0 Å². The van der Waals surface area contributed by atoms with Crippen LogP contribution in [0.3, 0.4) is 0 Å². The van der Waals surface area contributed by atoms with E-state index in [1.54, 1.807) is 4.90 Å². The van der Waals surface area contributed by atoms with Gasteiger partial charge in [-0.3, -0.25) is 9.59 Å². The molecule has 74 valence electrons. The van der Waals surface area contributed by atoms with Gasteiger partial charge >= 0.3 is 0 Å². The minimum Gasteiger partial charge on any atom is -0.354 e. The molecule has 1 N–H and O–H groups in total. The summed E-state index contributed by atoms with van der Waals surface area (Å²) in [6.07, 6.45) is 1.31. The summed E-state index contributed by atoms with van der Waals surface area (Å²) in [6, 6.07) is 0. The minimum atomic E-state index is -0.0552. The number of halogens is 1. The van der Waals surface area contributed by atoms with Crippen LogP contribution in [0.15, 0.2) is 0 Å². The van der Waals surface area contributed by atoms with Gasteiger partial charge in [0.1, 0.15) is 0 Å². The Hall–Kier alpha value is -0.580. The number of rotatable bonds is 2. The average molecular weight is 249 g/mol. The second-order valence-electron chi connectivity index (χ2n) is 2.96. The second kappa shape index (κ2) is 5.21. The van der Waals surface area contributed by atoms with Crippen molar-refractivity contribution in [3.8, 4) is 0 Å². The Morgan fingerprint density at radius 2 is 2.38 bits per heavy atom. The second-order valence-corrected chi connectivity index (χ2v) is 3.75. The van der Waals surface area contributed by atoms with Crippen LogP contribution in [0.5, 0.6) is 0 Å². The van der Waals surface area contributed by atoms with Gasteiger partial charge in [0.25, 0.3) is 0 Å². The molecule has 13 heavy (non-hydrogen) atoms. The Kier molecular flexibility index (Phi) is 4.21. The lowest BCUT2D eigenvalue weighted by Crippen LogP contribution is -2.37. The Bertz CT molecular complexity index is 208. The van der Waals surface area contributed by atoms with Crippen molar-refractivity contribution in [1.82, 2.24) is 10.2 Å². The van der Waals surface area contributed by atoms with Crippen LogP contribution in [0.2, 0.25) is 0 Å². The molecule has 0 spiro atoms. The zero-order chi connectivity index (χ0) is 9.68. The van der Waals surface area contributed by atoms with Crippen molar-refractivity contribution >= 4 is 27.7 Å². The average Bonchev–Trinajstić information content (AvgIpc) is 2.30. The molecule has 0 aliphatic carbocycles. The van der Waals surface area contributed by atoms with E-state index >= 15 is 0 Å². The normalized spacial score (nSPS) is 17.9. The summed E-state index contributed by atoms with van der Waals surface area (Å²) in [5.74, 6) is -0.00523. The Morgan fingerprint density at radius 1 is 1.62 bits per heavy atom. The first-order valence-corrected chi connectivity index (χ1v) is 5.46. The van der Waals surface area contributed by atoms with Crippen molar-refractivity contribution in [2.75, 3.05) is 25.0 Å². The van der Waals surface area contributed by atoms with Gasteiger partial charge in [0.05, 0.1) is 6.54 Å². The van der Waals surface area contributed by atoms with Gasteiger partial charge in [-0.05, 0) is 6.42 Å². The van der Waals surface area contributed by atoms with Crippen LogP contribution in [0.4, 0.5) is 0 Å². The Balaban J connectivity index is 2.47. The van der Waals surface area contributed by atoms with Gasteiger partial charge in [0, 0.05) is 24.8 Å². The fourth-order valence-corrected chi connectivity index (χ4v) is 1.60. The Labute approximate surface area is 85.8 Å². The van der Waals surface area contributed by atoms with E-state index in [1.807, 2.05) is 0 Å². The summed E-state index contributed by atoms with van der Waals surface area (Å²) < 4.78 is 0. The van der Waals surface area contributed by atoms with Crippen molar-refractivity contribution in [3.05, 3.63) is 0 Å². The fourth-order valence-electron chi connectivity index (χ4n) is 1.26. The largest absolute Gasteiger partial charge is 0.354 e. The van der Waals surface area contributed by atoms with E-state index in [-0.39, 0.29) is 18.4 Å². The number of nitrogens with one attached hydrogen (secondary N) is 1. The van der Waals surface area contributed by atoms with Crippen LogP contribution < -0.4 is 5.32 Å². The molecule has 0 aromatic heterocycles. The Morgan fingerprint density at radius 3 is 3.08 bits per heavy atom. The minimum absolute atomic E-state index is 0.0499. The summed E-state index contributed by atoms with van der Waals surface area (Å²) in [4.78, 5) is 24.1. The molecule has 1 saturated heterocycles. The third kappa shape index (κ3) is 3.34. The van der Waals surface area contributed by atoms with Crippen LogP contribution in [0, 0.1) is 0 Å². The highest BCUT2D eigenvalue weighted by molar-refractivity contribution is 9.09. The highest BCUT2D eigenvalue weighted by Crippen LogP contribution is 2.01. The number of nitrogens with zero attached hydrogens (tertiary/aromatic N) is 1. The summed E-state index contributed by atoms with van der Waals surface area (Å²) in [5.41, 5.74) is 0. The van der Waals surface area contributed by atoms with Gasteiger partial charge in [-0.2, -0.15) is 0 Å². The SMILES string of the molecule is O=C1CN(C(=O)CCBr)CCCN1. The van der Waals surface area contributed by atoms with Gasteiger partial charge in [0.2, 0.25) is 11.8 Å². The predicted molar refractivity (Wildman–Crippen MR) is 52.6 cm³/mol.